The molecule has 0 radical (unpaired) electrons. The molecule has 0 saturated carbocycles. The van der Waals surface area contributed by atoms with Crippen molar-refractivity contribution in [1.29, 1.82) is 5.26 Å². The molecule has 0 unspecified atom stereocenters. The summed E-state index contributed by atoms with van der Waals surface area (Å²) in [6.07, 6.45) is 5.97. The Bertz CT molecular complexity index is 303. The number of hydrogen-bond acceptors (Lipinski definition) is 3. The molecule has 17 heavy (non-hydrogen) atoms. The quantitative estimate of drug-likeness (QED) is 0.246. The van der Waals surface area contributed by atoms with Gasteiger partial charge in [-0.3, -0.25) is 0 Å². The SMILES string of the molecule is C=CC#N.C=CC=C.C=CCOC(=O)C(=C)C. The van der Waals surface area contributed by atoms with Crippen LogP contribution in [-0.4, -0.2) is 12.6 Å². The summed E-state index contributed by atoms with van der Waals surface area (Å²) in [5.41, 5.74) is 0.414. The van der Waals surface area contributed by atoms with E-state index in [-0.39, 0.29) is 12.6 Å². The van der Waals surface area contributed by atoms with Crippen molar-refractivity contribution in [1.82, 2.24) is 0 Å². The zero-order valence-electron chi connectivity index (χ0n) is 10.3. The van der Waals surface area contributed by atoms with Crippen molar-refractivity contribution in [2.24, 2.45) is 0 Å². The van der Waals surface area contributed by atoms with Gasteiger partial charge in [-0.05, 0) is 6.92 Å². The van der Waals surface area contributed by atoms with E-state index in [0.29, 0.717) is 5.57 Å². The zero-order chi connectivity index (χ0) is 14.1. The number of allylic oxidation sites excluding steroid dienone is 3. The van der Waals surface area contributed by atoms with Gasteiger partial charge < -0.3 is 4.74 Å². The highest BCUT2D eigenvalue weighted by Crippen LogP contribution is 1.90. The lowest BCUT2D eigenvalue weighted by Crippen LogP contribution is -2.03. The van der Waals surface area contributed by atoms with Gasteiger partial charge in [0.2, 0.25) is 0 Å². The van der Waals surface area contributed by atoms with Crippen LogP contribution in [0.1, 0.15) is 6.92 Å². The Balaban J connectivity index is -0.000000205. The summed E-state index contributed by atoms with van der Waals surface area (Å²) in [4.78, 5) is 10.5. The van der Waals surface area contributed by atoms with Crippen molar-refractivity contribution in [3.8, 4) is 6.07 Å². The van der Waals surface area contributed by atoms with Crippen molar-refractivity contribution >= 4 is 5.97 Å². The van der Waals surface area contributed by atoms with Gasteiger partial charge in [0.25, 0.3) is 0 Å². The van der Waals surface area contributed by atoms with E-state index in [0.717, 1.165) is 0 Å². The predicted octanol–water partition coefficient (Wildman–Crippen LogP) is 3.35. The number of esters is 1. The maximum absolute atomic E-state index is 10.5. The van der Waals surface area contributed by atoms with Crippen LogP contribution >= 0.6 is 0 Å². The van der Waals surface area contributed by atoms with Crippen LogP contribution < -0.4 is 0 Å². The Morgan fingerprint density at radius 3 is 1.88 bits per heavy atom. The molecule has 0 saturated heterocycles. The second-order valence-corrected chi connectivity index (χ2v) is 2.47. The first kappa shape index (κ1) is 20.1. The van der Waals surface area contributed by atoms with Gasteiger partial charge in [-0.25, -0.2) is 4.79 Å². The third-order valence-corrected chi connectivity index (χ3v) is 0.939. The average molecular weight is 233 g/mol. The minimum atomic E-state index is -0.366. The van der Waals surface area contributed by atoms with Crippen LogP contribution in [0.5, 0.6) is 0 Å². The molecule has 0 aliphatic heterocycles. The van der Waals surface area contributed by atoms with Crippen molar-refractivity contribution in [2.75, 3.05) is 6.61 Å². The van der Waals surface area contributed by atoms with Gasteiger partial charge in [-0.1, -0.05) is 51.1 Å². The number of nitrogens with zero attached hydrogens (tertiary/aromatic N) is 1. The predicted molar refractivity (Wildman–Crippen MR) is 72.2 cm³/mol. The molecule has 0 amide bonds. The fourth-order valence-electron chi connectivity index (χ4n) is 0.258. The second kappa shape index (κ2) is 19.3. The van der Waals surface area contributed by atoms with Crippen LogP contribution in [0.4, 0.5) is 0 Å². The molecular weight excluding hydrogens is 214 g/mol. The third kappa shape index (κ3) is 31.7. The summed E-state index contributed by atoms with van der Waals surface area (Å²) < 4.78 is 4.60. The summed E-state index contributed by atoms with van der Waals surface area (Å²) in [5, 5.41) is 7.51. The van der Waals surface area contributed by atoms with Gasteiger partial charge in [0.1, 0.15) is 6.61 Å². The molecular formula is C14H19NO2. The Morgan fingerprint density at radius 2 is 1.71 bits per heavy atom. The van der Waals surface area contributed by atoms with Gasteiger partial charge in [0.05, 0.1) is 6.07 Å². The fraction of sp³-hybridized carbons (Fsp3) is 0.143. The van der Waals surface area contributed by atoms with Crippen molar-refractivity contribution in [2.45, 2.75) is 6.92 Å². The van der Waals surface area contributed by atoms with Crippen LogP contribution in [0.15, 0.2) is 62.8 Å². The van der Waals surface area contributed by atoms with Crippen LogP contribution in [0.2, 0.25) is 0 Å². The summed E-state index contributed by atoms with van der Waals surface area (Å²) in [5.74, 6) is -0.366. The molecule has 0 fully saturated rings. The lowest BCUT2D eigenvalue weighted by atomic mass is 10.4. The van der Waals surface area contributed by atoms with Crippen molar-refractivity contribution in [3.63, 3.8) is 0 Å². The number of carbonyl (C=O) groups excluding carboxylic acids is 1. The van der Waals surface area contributed by atoms with Gasteiger partial charge in [-0.15, -0.1) is 0 Å². The molecule has 0 aromatic carbocycles. The van der Waals surface area contributed by atoms with Gasteiger partial charge in [0.15, 0.2) is 0 Å². The summed E-state index contributed by atoms with van der Waals surface area (Å²) in [6, 6.07) is 1.69. The van der Waals surface area contributed by atoms with E-state index in [1.54, 1.807) is 25.1 Å². The van der Waals surface area contributed by atoms with Gasteiger partial charge in [0, 0.05) is 11.6 Å². The molecule has 0 bridgehead atoms. The van der Waals surface area contributed by atoms with E-state index in [2.05, 4.69) is 37.6 Å². The number of hydrogen-bond donors (Lipinski definition) is 0. The summed E-state index contributed by atoms with van der Waals surface area (Å²) >= 11 is 0. The van der Waals surface area contributed by atoms with Crippen LogP contribution in [0.3, 0.4) is 0 Å². The molecule has 0 aliphatic rings. The Labute approximate surface area is 104 Å². The molecule has 0 rings (SSSR count). The number of rotatable bonds is 4. The first-order valence-electron chi connectivity index (χ1n) is 4.69. The smallest absolute Gasteiger partial charge is 0.333 e. The lowest BCUT2D eigenvalue weighted by Gasteiger charge is -1.97. The molecule has 0 aromatic rings. The molecule has 0 aliphatic carbocycles. The highest BCUT2D eigenvalue weighted by molar-refractivity contribution is 5.86. The molecule has 92 valence electrons. The normalized spacial score (nSPS) is 6.35. The van der Waals surface area contributed by atoms with E-state index in [4.69, 9.17) is 5.26 Å². The largest absolute Gasteiger partial charge is 0.458 e. The first-order chi connectivity index (χ1) is 8.01. The topological polar surface area (TPSA) is 50.1 Å². The Morgan fingerprint density at radius 1 is 1.29 bits per heavy atom. The van der Waals surface area contributed by atoms with Crippen LogP contribution in [0.25, 0.3) is 0 Å². The third-order valence-electron chi connectivity index (χ3n) is 0.939. The molecule has 0 atom stereocenters. The monoisotopic (exact) mass is 233 g/mol. The number of nitriles is 1. The molecule has 0 spiro atoms. The highest BCUT2D eigenvalue weighted by atomic mass is 16.5. The van der Waals surface area contributed by atoms with E-state index in [1.807, 2.05) is 0 Å². The highest BCUT2D eigenvalue weighted by Gasteiger charge is 1.98. The Kier molecular flexibility index (Phi) is 22.8. The maximum atomic E-state index is 10.5. The molecule has 3 nitrogen and oxygen atoms in total. The van der Waals surface area contributed by atoms with E-state index >= 15 is 0 Å². The van der Waals surface area contributed by atoms with E-state index in [9.17, 15) is 4.79 Å². The number of carbonyl (C=O) groups is 1. The van der Waals surface area contributed by atoms with E-state index < -0.39 is 0 Å². The maximum Gasteiger partial charge on any atom is 0.333 e. The lowest BCUT2D eigenvalue weighted by molar-refractivity contribution is -0.137. The molecule has 0 heterocycles. The summed E-state index contributed by atoms with van der Waals surface area (Å²) in [6.45, 7) is 18.5. The van der Waals surface area contributed by atoms with Crippen molar-refractivity contribution in [3.05, 3.63) is 62.8 Å². The molecule has 0 N–H and O–H groups in total. The minimum Gasteiger partial charge on any atom is -0.458 e. The van der Waals surface area contributed by atoms with Gasteiger partial charge in [-0.2, -0.15) is 5.26 Å². The fourth-order valence-corrected chi connectivity index (χ4v) is 0.258. The standard InChI is InChI=1S/C7H10O2.C4H6.C3H3N/c1-4-5-9-7(8)6(2)3;1-3-4-2;1-2-3-4/h4H,1-2,5H2,3H3;3-4H,1-2H2;2H,1H2. The van der Waals surface area contributed by atoms with Crippen LogP contribution in [-0.2, 0) is 9.53 Å². The Hall–Kier alpha value is -2.34. The second-order valence-electron chi connectivity index (χ2n) is 2.47. The van der Waals surface area contributed by atoms with Crippen molar-refractivity contribution < 1.29 is 9.53 Å². The minimum absolute atomic E-state index is 0.256. The van der Waals surface area contributed by atoms with Crippen LogP contribution in [0, 0.1) is 11.3 Å². The van der Waals surface area contributed by atoms with Gasteiger partial charge >= 0.3 is 5.97 Å². The first-order valence-corrected chi connectivity index (χ1v) is 4.69. The zero-order valence-corrected chi connectivity index (χ0v) is 10.3. The molecule has 0 aromatic heterocycles. The van der Waals surface area contributed by atoms with E-state index in [1.165, 1.54) is 12.2 Å². The molecule has 3 heteroatoms. The average Bonchev–Trinajstić information content (AvgIpc) is 2.36. The summed E-state index contributed by atoms with van der Waals surface area (Å²) in [7, 11) is 0. The number of ether oxygens (including phenoxy) is 1.